The van der Waals surface area contributed by atoms with Crippen molar-refractivity contribution in [2.75, 3.05) is 13.2 Å². The van der Waals surface area contributed by atoms with Crippen LogP contribution in [0.25, 0.3) is 0 Å². The third kappa shape index (κ3) is 4.01. The minimum absolute atomic E-state index is 0.0885. The average Bonchev–Trinajstić information content (AvgIpc) is 3.17. The molecule has 1 fully saturated rings. The zero-order valence-corrected chi connectivity index (χ0v) is 13.9. The second-order valence-electron chi connectivity index (χ2n) is 5.92. The number of hydrogen-bond donors (Lipinski definition) is 1. The van der Waals surface area contributed by atoms with Crippen LogP contribution < -0.4 is 5.32 Å². The van der Waals surface area contributed by atoms with Gasteiger partial charge in [0.1, 0.15) is 12.3 Å². The summed E-state index contributed by atoms with van der Waals surface area (Å²) in [5.74, 6) is 0.676. The Morgan fingerprint density at radius 1 is 1.50 bits per heavy atom. The highest BCUT2D eigenvalue weighted by atomic mass is 16.5. The number of nitrogens with zero attached hydrogens (tertiary/aromatic N) is 3. The van der Waals surface area contributed by atoms with Gasteiger partial charge in [0.2, 0.25) is 5.91 Å². The smallest absolute Gasteiger partial charge is 0.240 e. The molecule has 2 atom stereocenters. The summed E-state index contributed by atoms with van der Waals surface area (Å²) in [6.45, 7) is 5.48. The SMILES string of the molecule is Cc1noc(C)c1CO[C@@H]1CCOC[C@@H]1NC(=O)Cn1ccnc1. The molecule has 0 unspecified atom stereocenters. The number of imidazole rings is 1. The highest BCUT2D eigenvalue weighted by Gasteiger charge is 2.28. The lowest BCUT2D eigenvalue weighted by Crippen LogP contribution is -2.51. The van der Waals surface area contributed by atoms with Crippen LogP contribution in [-0.2, 0) is 27.4 Å². The van der Waals surface area contributed by atoms with Crippen LogP contribution in [0.2, 0.25) is 0 Å². The summed E-state index contributed by atoms with van der Waals surface area (Å²) in [5, 5.41) is 6.92. The van der Waals surface area contributed by atoms with Crippen LogP contribution in [0.3, 0.4) is 0 Å². The van der Waals surface area contributed by atoms with Crippen molar-refractivity contribution in [2.45, 2.75) is 45.6 Å². The Morgan fingerprint density at radius 2 is 2.38 bits per heavy atom. The predicted molar refractivity (Wildman–Crippen MR) is 84.1 cm³/mol. The molecule has 0 saturated carbocycles. The van der Waals surface area contributed by atoms with E-state index >= 15 is 0 Å². The van der Waals surface area contributed by atoms with E-state index in [0.29, 0.717) is 19.8 Å². The maximum absolute atomic E-state index is 12.2. The second-order valence-corrected chi connectivity index (χ2v) is 5.92. The van der Waals surface area contributed by atoms with Gasteiger partial charge in [-0.2, -0.15) is 0 Å². The summed E-state index contributed by atoms with van der Waals surface area (Å²) < 4.78 is 18.4. The molecular formula is C16H22N4O4. The van der Waals surface area contributed by atoms with Crippen molar-refractivity contribution in [3.8, 4) is 0 Å². The maximum Gasteiger partial charge on any atom is 0.240 e. The maximum atomic E-state index is 12.2. The molecule has 2 aromatic rings. The van der Waals surface area contributed by atoms with E-state index in [2.05, 4.69) is 15.5 Å². The number of hydrogen-bond acceptors (Lipinski definition) is 6. The standard InChI is InChI=1S/C16H22N4O4/c1-11-13(12(2)24-19-11)8-23-15-3-6-22-9-14(15)18-16(21)7-20-5-4-17-10-20/h4-5,10,14-15H,3,6-9H2,1-2H3,(H,18,21)/t14-,15+/m0/s1. The Labute approximate surface area is 140 Å². The fourth-order valence-electron chi connectivity index (χ4n) is 2.75. The summed E-state index contributed by atoms with van der Waals surface area (Å²) in [5.41, 5.74) is 1.80. The van der Waals surface area contributed by atoms with Crippen molar-refractivity contribution in [1.82, 2.24) is 20.0 Å². The van der Waals surface area contributed by atoms with E-state index in [0.717, 1.165) is 23.4 Å². The molecular weight excluding hydrogens is 312 g/mol. The predicted octanol–water partition coefficient (Wildman–Crippen LogP) is 0.978. The van der Waals surface area contributed by atoms with Gasteiger partial charge in [0.15, 0.2) is 0 Å². The Hall–Kier alpha value is -2.19. The highest BCUT2D eigenvalue weighted by Crippen LogP contribution is 2.18. The minimum Gasteiger partial charge on any atom is -0.379 e. The molecule has 1 amide bonds. The van der Waals surface area contributed by atoms with Crippen LogP contribution in [0.15, 0.2) is 23.2 Å². The molecule has 0 spiro atoms. The molecule has 2 aromatic heterocycles. The van der Waals surface area contributed by atoms with Gasteiger partial charge in [-0.15, -0.1) is 0 Å². The van der Waals surface area contributed by atoms with E-state index in [4.69, 9.17) is 14.0 Å². The minimum atomic E-state index is -0.171. The van der Waals surface area contributed by atoms with E-state index in [1.165, 1.54) is 0 Å². The van der Waals surface area contributed by atoms with Gasteiger partial charge < -0.3 is 23.9 Å². The van der Waals surface area contributed by atoms with Crippen molar-refractivity contribution in [3.05, 3.63) is 35.7 Å². The van der Waals surface area contributed by atoms with Crippen LogP contribution in [0.4, 0.5) is 0 Å². The zero-order valence-electron chi connectivity index (χ0n) is 13.9. The summed E-state index contributed by atoms with van der Waals surface area (Å²) in [7, 11) is 0. The molecule has 0 aliphatic carbocycles. The molecule has 130 valence electrons. The number of carbonyl (C=O) groups is 1. The average molecular weight is 334 g/mol. The van der Waals surface area contributed by atoms with Gasteiger partial charge in [-0.3, -0.25) is 4.79 Å². The monoisotopic (exact) mass is 334 g/mol. The molecule has 8 heteroatoms. The Morgan fingerprint density at radius 3 is 3.08 bits per heavy atom. The largest absolute Gasteiger partial charge is 0.379 e. The molecule has 1 N–H and O–H groups in total. The Bertz CT molecular complexity index is 648. The summed E-state index contributed by atoms with van der Waals surface area (Å²) in [4.78, 5) is 16.1. The fourth-order valence-corrected chi connectivity index (χ4v) is 2.75. The van der Waals surface area contributed by atoms with Gasteiger partial charge in [0.05, 0.1) is 37.4 Å². The van der Waals surface area contributed by atoms with Crippen LogP contribution in [0, 0.1) is 13.8 Å². The first kappa shape index (κ1) is 16.7. The molecule has 0 radical (unpaired) electrons. The van der Waals surface area contributed by atoms with Gasteiger partial charge in [-0.25, -0.2) is 4.98 Å². The van der Waals surface area contributed by atoms with Crippen molar-refractivity contribution in [2.24, 2.45) is 0 Å². The second kappa shape index (κ2) is 7.59. The van der Waals surface area contributed by atoms with Gasteiger partial charge >= 0.3 is 0 Å². The quantitative estimate of drug-likeness (QED) is 0.847. The molecule has 1 aliphatic heterocycles. The van der Waals surface area contributed by atoms with Crippen molar-refractivity contribution < 1.29 is 18.8 Å². The molecule has 0 aromatic carbocycles. The Kier molecular flexibility index (Phi) is 5.27. The highest BCUT2D eigenvalue weighted by molar-refractivity contribution is 5.76. The molecule has 1 saturated heterocycles. The summed E-state index contributed by atoms with van der Waals surface area (Å²) >= 11 is 0. The van der Waals surface area contributed by atoms with Crippen LogP contribution >= 0.6 is 0 Å². The van der Waals surface area contributed by atoms with Crippen LogP contribution in [0.1, 0.15) is 23.4 Å². The van der Waals surface area contributed by atoms with E-state index in [1.807, 2.05) is 13.8 Å². The number of carbonyl (C=O) groups excluding carboxylic acids is 1. The number of ether oxygens (including phenoxy) is 2. The van der Waals surface area contributed by atoms with Gasteiger partial charge in [0.25, 0.3) is 0 Å². The Balaban J connectivity index is 1.56. The third-order valence-electron chi connectivity index (χ3n) is 4.15. The van der Waals surface area contributed by atoms with Crippen LogP contribution in [0.5, 0.6) is 0 Å². The number of rotatable bonds is 6. The van der Waals surface area contributed by atoms with Crippen molar-refractivity contribution in [1.29, 1.82) is 0 Å². The van der Waals surface area contributed by atoms with Crippen LogP contribution in [-0.4, -0.2) is 46.0 Å². The number of aromatic nitrogens is 3. The van der Waals surface area contributed by atoms with Gasteiger partial charge in [0, 0.05) is 24.6 Å². The lowest BCUT2D eigenvalue weighted by Gasteiger charge is -2.32. The molecule has 1 aliphatic rings. The number of amides is 1. The lowest BCUT2D eigenvalue weighted by atomic mass is 10.1. The summed E-state index contributed by atoms with van der Waals surface area (Å²) in [6, 6.07) is -0.171. The molecule has 3 heterocycles. The normalized spacial score (nSPS) is 20.9. The number of aryl methyl sites for hydroxylation is 2. The first-order valence-electron chi connectivity index (χ1n) is 7.99. The van der Waals surface area contributed by atoms with E-state index < -0.39 is 0 Å². The fraction of sp³-hybridized carbons (Fsp3) is 0.562. The van der Waals surface area contributed by atoms with Gasteiger partial charge in [-0.05, 0) is 20.3 Å². The molecule has 8 nitrogen and oxygen atoms in total. The first-order valence-corrected chi connectivity index (χ1v) is 7.99. The molecule has 3 rings (SSSR count). The molecule has 0 bridgehead atoms. The van der Waals surface area contributed by atoms with Gasteiger partial charge in [-0.1, -0.05) is 5.16 Å². The molecule has 24 heavy (non-hydrogen) atoms. The summed E-state index contributed by atoms with van der Waals surface area (Å²) in [6.07, 6.45) is 5.65. The van der Waals surface area contributed by atoms with Crippen molar-refractivity contribution in [3.63, 3.8) is 0 Å². The number of nitrogens with one attached hydrogen (secondary N) is 1. The lowest BCUT2D eigenvalue weighted by molar-refractivity contribution is -0.127. The first-order chi connectivity index (χ1) is 11.6. The van der Waals surface area contributed by atoms with Crippen molar-refractivity contribution >= 4 is 5.91 Å². The van der Waals surface area contributed by atoms with E-state index in [9.17, 15) is 4.79 Å². The van der Waals surface area contributed by atoms with E-state index in [-0.39, 0.29) is 24.6 Å². The zero-order chi connectivity index (χ0) is 16.9. The topological polar surface area (TPSA) is 91.4 Å². The third-order valence-corrected chi connectivity index (χ3v) is 4.15. The van der Waals surface area contributed by atoms with E-state index in [1.54, 1.807) is 23.3 Å².